The Kier molecular flexibility index (Phi) is 8.99. The number of fused-ring (bicyclic) bond motifs is 14. The molecule has 4 heterocycles. The molecule has 0 amide bonds. The van der Waals surface area contributed by atoms with Gasteiger partial charge in [0.2, 0.25) is 0 Å². The second-order valence-corrected chi connectivity index (χ2v) is 18.9. The second-order valence-electron chi connectivity index (χ2n) is 18.9. The third-order valence-electron chi connectivity index (χ3n) is 15.2. The van der Waals surface area contributed by atoms with Crippen LogP contribution in [0, 0.1) is 22.7 Å². The lowest BCUT2D eigenvalue weighted by atomic mass is 9.86. The second kappa shape index (κ2) is 16.1. The fraction of sp³-hybridized carbons (Fsp3) is 0. The van der Waals surface area contributed by atoms with Gasteiger partial charge in [0.1, 0.15) is 12.1 Å². The molecule has 6 nitrogen and oxygen atoms in total. The molecule has 15 rings (SSSR count). The number of nitrogens with zero attached hydrogens (tertiary/aromatic N) is 6. The van der Waals surface area contributed by atoms with Crippen LogP contribution in [0.5, 0.6) is 0 Å². The zero-order chi connectivity index (χ0) is 49.0. The largest absolute Gasteiger partial charge is 0.309 e. The summed E-state index contributed by atoms with van der Waals surface area (Å²) in [6.45, 7) is 0. The monoisotopic (exact) mass is 940 g/mol. The maximum atomic E-state index is 12.2. The lowest BCUT2D eigenvalue weighted by Gasteiger charge is -2.25. The molecule has 0 saturated heterocycles. The van der Waals surface area contributed by atoms with E-state index in [1.54, 1.807) is 0 Å². The maximum absolute atomic E-state index is 12.2. The standard InChI is InChI=1S/C68H40N6/c69-41-51-61(43-21-5-1-6-22-43)67(73-55-35-19-15-31-49(55)65-59(73)39-37-57-63(65)47-29-13-17-33-53(47)71(57)45-25-9-3-10-26-45)52(42-70)62(44-23-7-2-8-24-44)68(51)74-56-36-20-16-32-50(56)66-60(74)40-38-58-64(66)48-30-14-18-34-54(48)72(58)46-27-11-4-12-28-46/h1-40H. The summed E-state index contributed by atoms with van der Waals surface area (Å²) in [5.41, 5.74) is 15.6. The van der Waals surface area contributed by atoms with Crippen LogP contribution in [-0.2, 0) is 0 Å². The van der Waals surface area contributed by atoms with Crippen LogP contribution in [0.15, 0.2) is 243 Å². The fourth-order valence-electron chi connectivity index (χ4n) is 12.4. The van der Waals surface area contributed by atoms with Gasteiger partial charge >= 0.3 is 0 Å². The van der Waals surface area contributed by atoms with Gasteiger partial charge < -0.3 is 18.3 Å². The van der Waals surface area contributed by atoms with Gasteiger partial charge in [0.05, 0.1) is 66.6 Å². The Morgan fingerprint density at radius 3 is 0.811 bits per heavy atom. The maximum Gasteiger partial charge on any atom is 0.102 e. The van der Waals surface area contributed by atoms with Gasteiger partial charge in [0.25, 0.3) is 0 Å². The van der Waals surface area contributed by atoms with Crippen LogP contribution in [0.3, 0.4) is 0 Å². The lowest BCUT2D eigenvalue weighted by Crippen LogP contribution is -2.11. The molecule has 0 N–H and O–H groups in total. The first kappa shape index (κ1) is 41.4. The number of nitriles is 2. The van der Waals surface area contributed by atoms with Crippen molar-refractivity contribution in [2.24, 2.45) is 0 Å². The number of hydrogen-bond acceptors (Lipinski definition) is 2. The van der Waals surface area contributed by atoms with Gasteiger partial charge in [-0.3, -0.25) is 0 Å². The van der Waals surface area contributed by atoms with Gasteiger partial charge in [-0.15, -0.1) is 0 Å². The SMILES string of the molecule is N#Cc1c(-c2ccccc2)c(-n2c3ccccc3c3c4c5ccccc5n(-c5ccccc5)c4ccc32)c(C#N)c(-c2ccccc2)c1-n1c2ccccc2c2c3c4ccccc4n(-c4ccccc4)c3ccc21. The van der Waals surface area contributed by atoms with E-state index in [9.17, 15) is 10.5 Å². The molecule has 74 heavy (non-hydrogen) atoms. The van der Waals surface area contributed by atoms with Crippen molar-refractivity contribution >= 4 is 87.2 Å². The van der Waals surface area contributed by atoms with Gasteiger partial charge in [0.15, 0.2) is 0 Å². The van der Waals surface area contributed by atoms with E-state index >= 15 is 0 Å². The van der Waals surface area contributed by atoms with E-state index in [-0.39, 0.29) is 0 Å². The highest BCUT2D eigenvalue weighted by molar-refractivity contribution is 6.31. The minimum absolute atomic E-state index is 0.464. The van der Waals surface area contributed by atoms with Crippen molar-refractivity contribution in [2.45, 2.75) is 0 Å². The normalized spacial score (nSPS) is 11.8. The molecule has 0 radical (unpaired) electrons. The Morgan fingerprint density at radius 2 is 0.500 bits per heavy atom. The van der Waals surface area contributed by atoms with E-state index in [2.05, 4.69) is 237 Å². The molecule has 0 aliphatic carbocycles. The van der Waals surface area contributed by atoms with E-state index < -0.39 is 0 Å². The average molecular weight is 941 g/mol. The van der Waals surface area contributed by atoms with Gasteiger partial charge in [-0.05, 0) is 83.9 Å². The van der Waals surface area contributed by atoms with Crippen molar-refractivity contribution in [1.29, 1.82) is 10.5 Å². The van der Waals surface area contributed by atoms with E-state index in [4.69, 9.17) is 0 Å². The minimum atomic E-state index is 0.464. The summed E-state index contributed by atoms with van der Waals surface area (Å²) >= 11 is 0. The van der Waals surface area contributed by atoms with Crippen molar-refractivity contribution < 1.29 is 0 Å². The molecular formula is C68H40N6. The van der Waals surface area contributed by atoms with E-state index in [1.165, 1.54) is 0 Å². The highest BCUT2D eigenvalue weighted by Gasteiger charge is 2.33. The van der Waals surface area contributed by atoms with Crippen molar-refractivity contribution in [3.8, 4) is 57.1 Å². The van der Waals surface area contributed by atoms with Crippen molar-refractivity contribution in [3.63, 3.8) is 0 Å². The molecule has 4 aromatic heterocycles. The molecule has 0 unspecified atom stereocenters. The molecule has 11 aromatic carbocycles. The van der Waals surface area contributed by atoms with Gasteiger partial charge in [-0.1, -0.05) is 170 Å². The van der Waals surface area contributed by atoms with Crippen LogP contribution in [0.2, 0.25) is 0 Å². The fourth-order valence-corrected chi connectivity index (χ4v) is 12.4. The van der Waals surface area contributed by atoms with Crippen LogP contribution in [0.4, 0.5) is 0 Å². The van der Waals surface area contributed by atoms with Crippen molar-refractivity contribution in [1.82, 2.24) is 18.3 Å². The predicted octanol–water partition coefficient (Wildman–Crippen LogP) is 17.2. The van der Waals surface area contributed by atoms with Crippen molar-refractivity contribution in [2.75, 3.05) is 0 Å². The highest BCUT2D eigenvalue weighted by Crippen LogP contribution is 2.51. The van der Waals surface area contributed by atoms with Gasteiger partial charge in [-0.2, -0.15) is 10.5 Å². The number of rotatable bonds is 6. The van der Waals surface area contributed by atoms with Crippen LogP contribution in [0.25, 0.3) is 132 Å². The summed E-state index contributed by atoms with van der Waals surface area (Å²) in [7, 11) is 0. The lowest BCUT2D eigenvalue weighted by molar-refractivity contribution is 1.13. The van der Waals surface area contributed by atoms with E-state index in [0.717, 1.165) is 110 Å². The van der Waals surface area contributed by atoms with Crippen LogP contribution in [-0.4, -0.2) is 18.3 Å². The first-order chi connectivity index (χ1) is 36.7. The topological polar surface area (TPSA) is 67.3 Å². The zero-order valence-electron chi connectivity index (χ0n) is 39.8. The Hall–Kier alpha value is -10.4. The summed E-state index contributed by atoms with van der Waals surface area (Å²) in [6, 6.07) is 90.3. The molecule has 0 bridgehead atoms. The molecule has 0 aliphatic heterocycles. The van der Waals surface area contributed by atoms with E-state index in [0.29, 0.717) is 33.6 Å². The quantitative estimate of drug-likeness (QED) is 0.167. The number of aromatic nitrogens is 4. The highest BCUT2D eigenvalue weighted by atomic mass is 15.0. The summed E-state index contributed by atoms with van der Waals surface area (Å²) < 4.78 is 9.23. The molecule has 0 saturated carbocycles. The number of para-hydroxylation sites is 6. The summed E-state index contributed by atoms with van der Waals surface area (Å²) in [4.78, 5) is 0. The predicted molar refractivity (Wildman–Crippen MR) is 304 cm³/mol. The Balaban J connectivity index is 1.14. The van der Waals surface area contributed by atoms with Crippen LogP contribution >= 0.6 is 0 Å². The molecule has 0 spiro atoms. The molecule has 342 valence electrons. The molecule has 15 aromatic rings. The van der Waals surface area contributed by atoms with Gasteiger partial charge in [0, 0.05) is 65.6 Å². The molecule has 0 aliphatic rings. The van der Waals surface area contributed by atoms with Crippen LogP contribution in [0.1, 0.15) is 11.1 Å². The average Bonchev–Trinajstić information content (AvgIpc) is 4.20. The Bertz CT molecular complexity index is 4570. The minimum Gasteiger partial charge on any atom is -0.309 e. The molecule has 6 heteroatoms. The number of benzene rings is 11. The summed E-state index contributed by atoms with van der Waals surface area (Å²) in [5.74, 6) is 0. The third kappa shape index (κ3) is 5.68. The van der Waals surface area contributed by atoms with Crippen molar-refractivity contribution in [3.05, 3.63) is 254 Å². The van der Waals surface area contributed by atoms with E-state index in [1.807, 2.05) is 36.4 Å². The first-order valence-electron chi connectivity index (χ1n) is 24.9. The molecule has 0 atom stereocenters. The third-order valence-corrected chi connectivity index (χ3v) is 15.2. The first-order valence-corrected chi connectivity index (χ1v) is 24.9. The summed E-state index contributed by atoms with van der Waals surface area (Å²) in [5, 5.41) is 33.3. The Morgan fingerprint density at radius 1 is 0.243 bits per heavy atom. The summed E-state index contributed by atoms with van der Waals surface area (Å²) in [6.07, 6.45) is 0. The zero-order valence-corrected chi connectivity index (χ0v) is 39.8. The smallest absolute Gasteiger partial charge is 0.102 e. The van der Waals surface area contributed by atoms with Crippen LogP contribution < -0.4 is 0 Å². The molecular weight excluding hydrogens is 901 g/mol. The Labute approximate surface area is 424 Å². The molecule has 0 fully saturated rings. The van der Waals surface area contributed by atoms with Gasteiger partial charge in [-0.25, -0.2) is 0 Å². The number of hydrogen-bond donors (Lipinski definition) is 0.